The van der Waals surface area contributed by atoms with Crippen LogP contribution in [0.2, 0.25) is 5.02 Å². The Morgan fingerprint density at radius 2 is 2.32 bits per heavy atom. The van der Waals surface area contributed by atoms with Gasteiger partial charge in [0.1, 0.15) is 5.69 Å². The molecule has 1 fully saturated rings. The number of hydrogen-bond donors (Lipinski definition) is 0. The highest BCUT2D eigenvalue weighted by atomic mass is 35.5. The normalized spacial score (nSPS) is 19.0. The van der Waals surface area contributed by atoms with Crippen LogP contribution in [0.3, 0.4) is 0 Å². The van der Waals surface area contributed by atoms with Crippen LogP contribution in [0.15, 0.2) is 39.8 Å². The Balaban J connectivity index is 1.87. The number of aliphatic imine (C=N–C) groups is 1. The van der Waals surface area contributed by atoms with E-state index in [0.717, 1.165) is 41.6 Å². The van der Waals surface area contributed by atoms with E-state index in [1.807, 2.05) is 37.4 Å². The van der Waals surface area contributed by atoms with Gasteiger partial charge in [0.05, 0.1) is 6.04 Å². The molecule has 1 unspecified atom stereocenters. The molecule has 0 amide bonds. The second-order valence-electron chi connectivity index (χ2n) is 5.19. The van der Waals surface area contributed by atoms with Crippen molar-refractivity contribution in [2.45, 2.75) is 18.9 Å². The fourth-order valence-electron chi connectivity index (χ4n) is 2.86. The van der Waals surface area contributed by atoms with Gasteiger partial charge in [0.15, 0.2) is 10.9 Å². The van der Waals surface area contributed by atoms with Gasteiger partial charge in [0, 0.05) is 30.2 Å². The molecule has 1 atom stereocenters. The third kappa shape index (κ3) is 3.01. The minimum absolute atomic E-state index is 0.239. The number of rotatable bonds is 2. The van der Waals surface area contributed by atoms with Crippen molar-refractivity contribution < 1.29 is 4.52 Å². The largest absolute Gasteiger partial charge is 0.356 e. The topological polar surface area (TPSA) is 41.6 Å². The summed E-state index contributed by atoms with van der Waals surface area (Å²) in [6, 6.07) is 9.88. The Kier molecular flexibility index (Phi) is 4.74. The zero-order chi connectivity index (χ0) is 15.5. The Morgan fingerprint density at radius 3 is 3.05 bits per heavy atom. The average molecular weight is 336 g/mol. The van der Waals surface area contributed by atoms with E-state index in [4.69, 9.17) is 16.1 Å². The van der Waals surface area contributed by atoms with Gasteiger partial charge in [-0.15, -0.1) is 0 Å². The molecule has 0 N–H and O–H groups in total. The first kappa shape index (κ1) is 15.4. The lowest BCUT2D eigenvalue weighted by atomic mass is 10.1. The standard InChI is InChI=1S/C16H18ClN3OS/c1-18-16(22-2)20-8-4-7-14(20)13-10-15(21-19-13)11-5-3-6-12(17)9-11/h3,5-6,9-10,14H,4,7-8H2,1-2H3/b18-16-. The molecule has 1 aromatic heterocycles. The maximum absolute atomic E-state index is 6.04. The Morgan fingerprint density at radius 1 is 1.45 bits per heavy atom. The molecule has 1 aliphatic heterocycles. The fourth-order valence-corrected chi connectivity index (χ4v) is 3.69. The summed E-state index contributed by atoms with van der Waals surface area (Å²) in [6.07, 6.45) is 4.27. The molecule has 1 aliphatic rings. The van der Waals surface area contributed by atoms with E-state index in [0.29, 0.717) is 5.02 Å². The van der Waals surface area contributed by atoms with E-state index < -0.39 is 0 Å². The molecular weight excluding hydrogens is 318 g/mol. The molecule has 22 heavy (non-hydrogen) atoms. The van der Waals surface area contributed by atoms with E-state index in [-0.39, 0.29) is 6.04 Å². The van der Waals surface area contributed by atoms with Crippen molar-refractivity contribution in [2.75, 3.05) is 19.8 Å². The number of nitrogens with zero attached hydrogens (tertiary/aromatic N) is 3. The summed E-state index contributed by atoms with van der Waals surface area (Å²) in [5.74, 6) is 0.753. The molecule has 6 heteroatoms. The minimum atomic E-state index is 0.239. The van der Waals surface area contributed by atoms with Crippen LogP contribution in [-0.2, 0) is 0 Å². The summed E-state index contributed by atoms with van der Waals surface area (Å²) in [5.41, 5.74) is 1.91. The van der Waals surface area contributed by atoms with E-state index in [9.17, 15) is 0 Å². The van der Waals surface area contributed by atoms with Crippen LogP contribution < -0.4 is 0 Å². The zero-order valence-electron chi connectivity index (χ0n) is 12.6. The van der Waals surface area contributed by atoms with Crippen molar-refractivity contribution in [1.82, 2.24) is 10.1 Å². The van der Waals surface area contributed by atoms with Crippen LogP contribution >= 0.6 is 23.4 Å². The monoisotopic (exact) mass is 335 g/mol. The second kappa shape index (κ2) is 6.75. The quantitative estimate of drug-likeness (QED) is 0.599. The Hall–Kier alpha value is -1.46. The molecule has 116 valence electrons. The van der Waals surface area contributed by atoms with Crippen molar-refractivity contribution in [3.63, 3.8) is 0 Å². The van der Waals surface area contributed by atoms with Crippen LogP contribution in [0, 0.1) is 0 Å². The first-order chi connectivity index (χ1) is 10.7. The van der Waals surface area contributed by atoms with E-state index in [1.54, 1.807) is 11.8 Å². The number of amidine groups is 1. The molecule has 4 nitrogen and oxygen atoms in total. The van der Waals surface area contributed by atoms with Crippen LogP contribution in [0.4, 0.5) is 0 Å². The number of benzene rings is 1. The number of halogens is 1. The maximum atomic E-state index is 6.04. The first-order valence-electron chi connectivity index (χ1n) is 7.23. The molecule has 0 aliphatic carbocycles. The number of thioether (sulfide) groups is 1. The molecule has 0 spiro atoms. The molecule has 2 aromatic rings. The van der Waals surface area contributed by atoms with Crippen LogP contribution in [-0.4, -0.2) is 35.1 Å². The predicted molar refractivity (Wildman–Crippen MR) is 92.5 cm³/mol. The summed E-state index contributed by atoms with van der Waals surface area (Å²) < 4.78 is 5.53. The van der Waals surface area contributed by atoms with Gasteiger partial charge in [-0.1, -0.05) is 40.7 Å². The van der Waals surface area contributed by atoms with Crippen LogP contribution in [0.25, 0.3) is 11.3 Å². The molecule has 0 saturated carbocycles. The van der Waals surface area contributed by atoms with Gasteiger partial charge in [-0.05, 0) is 31.2 Å². The van der Waals surface area contributed by atoms with Crippen molar-refractivity contribution in [2.24, 2.45) is 4.99 Å². The second-order valence-corrected chi connectivity index (χ2v) is 6.40. The van der Waals surface area contributed by atoms with Gasteiger partial charge >= 0.3 is 0 Å². The van der Waals surface area contributed by atoms with E-state index in [2.05, 4.69) is 21.3 Å². The van der Waals surface area contributed by atoms with Crippen LogP contribution in [0.5, 0.6) is 0 Å². The minimum Gasteiger partial charge on any atom is -0.356 e. The smallest absolute Gasteiger partial charge is 0.167 e. The van der Waals surface area contributed by atoms with Gasteiger partial charge in [-0.25, -0.2) is 0 Å². The maximum Gasteiger partial charge on any atom is 0.167 e. The summed E-state index contributed by atoms with van der Waals surface area (Å²) in [7, 11) is 1.83. The number of aromatic nitrogens is 1. The third-order valence-electron chi connectivity index (χ3n) is 3.85. The molecule has 0 bridgehead atoms. The third-order valence-corrected chi connectivity index (χ3v) is 4.87. The van der Waals surface area contributed by atoms with Gasteiger partial charge < -0.3 is 9.42 Å². The van der Waals surface area contributed by atoms with Crippen molar-refractivity contribution >= 4 is 28.5 Å². The lowest BCUT2D eigenvalue weighted by Gasteiger charge is -2.24. The predicted octanol–water partition coefficient (Wildman–Crippen LogP) is 4.48. The average Bonchev–Trinajstić information content (AvgIpc) is 3.17. The molecule has 2 heterocycles. The van der Waals surface area contributed by atoms with Gasteiger partial charge in [0.2, 0.25) is 0 Å². The van der Waals surface area contributed by atoms with Crippen molar-refractivity contribution in [3.05, 3.63) is 41.0 Å². The van der Waals surface area contributed by atoms with Gasteiger partial charge in [0.25, 0.3) is 0 Å². The highest BCUT2D eigenvalue weighted by molar-refractivity contribution is 8.13. The highest BCUT2D eigenvalue weighted by Gasteiger charge is 2.30. The molecule has 1 saturated heterocycles. The Labute approximate surface area is 139 Å². The summed E-state index contributed by atoms with van der Waals surface area (Å²) in [5, 5.41) is 6.03. The number of hydrogen-bond acceptors (Lipinski definition) is 4. The van der Waals surface area contributed by atoms with Crippen molar-refractivity contribution in [1.29, 1.82) is 0 Å². The molecule has 0 radical (unpaired) electrons. The fraction of sp³-hybridized carbons (Fsp3) is 0.375. The van der Waals surface area contributed by atoms with Gasteiger partial charge in [-0.2, -0.15) is 0 Å². The van der Waals surface area contributed by atoms with E-state index >= 15 is 0 Å². The first-order valence-corrected chi connectivity index (χ1v) is 8.83. The SMILES string of the molecule is C/N=C(\SC)N1CCCC1c1cc(-c2cccc(Cl)c2)on1. The van der Waals surface area contributed by atoms with Crippen LogP contribution in [0.1, 0.15) is 24.6 Å². The summed E-state index contributed by atoms with van der Waals surface area (Å²) >= 11 is 7.71. The summed E-state index contributed by atoms with van der Waals surface area (Å²) in [6.45, 7) is 1.01. The molecule has 3 rings (SSSR count). The highest BCUT2D eigenvalue weighted by Crippen LogP contribution is 2.35. The zero-order valence-corrected chi connectivity index (χ0v) is 14.2. The lowest BCUT2D eigenvalue weighted by molar-refractivity contribution is 0.362. The van der Waals surface area contributed by atoms with Crippen molar-refractivity contribution in [3.8, 4) is 11.3 Å². The van der Waals surface area contributed by atoms with E-state index in [1.165, 1.54) is 0 Å². The lowest BCUT2D eigenvalue weighted by Crippen LogP contribution is -2.28. The Bertz CT molecular complexity index is 686. The molecular formula is C16H18ClN3OS. The molecule has 1 aromatic carbocycles. The summed E-state index contributed by atoms with van der Waals surface area (Å²) in [4.78, 5) is 6.68. The number of likely N-dealkylation sites (tertiary alicyclic amines) is 1. The van der Waals surface area contributed by atoms with Gasteiger partial charge in [-0.3, -0.25) is 4.99 Å².